The Balaban J connectivity index is 1.75. The number of amides is 1. The van der Waals surface area contributed by atoms with Crippen LogP contribution in [0.1, 0.15) is 10.4 Å². The number of halogens is 1. The normalized spacial score (nSPS) is 10.3. The van der Waals surface area contributed by atoms with Crippen molar-refractivity contribution in [2.24, 2.45) is 0 Å². The van der Waals surface area contributed by atoms with Gasteiger partial charge in [-0.3, -0.25) is 10.1 Å². The fourth-order valence-electron chi connectivity index (χ4n) is 2.29. The summed E-state index contributed by atoms with van der Waals surface area (Å²) in [6, 6.07) is 19.1. The zero-order valence-electron chi connectivity index (χ0n) is 12.0. The molecular weight excluding hydrogens is 311 g/mol. The van der Waals surface area contributed by atoms with Crippen molar-refractivity contribution in [1.29, 1.82) is 0 Å². The van der Waals surface area contributed by atoms with E-state index in [4.69, 9.17) is 12.2 Å². The standard InChI is InChI=1S/C18H13FN2OS/c19-14-8-3-7-13(11-14)17(22)21-18(23)20-16-10-4-6-12-5-1-2-9-15(12)16/h1-11H,(H2,20,21,22,23). The number of carbonyl (C=O) groups excluding carboxylic acids is 1. The topological polar surface area (TPSA) is 41.1 Å². The smallest absolute Gasteiger partial charge is 0.257 e. The lowest BCUT2D eigenvalue weighted by Crippen LogP contribution is -2.34. The third kappa shape index (κ3) is 3.52. The Hall–Kier alpha value is -2.79. The minimum atomic E-state index is -0.467. The number of nitrogens with one attached hydrogen (secondary N) is 2. The van der Waals surface area contributed by atoms with Crippen molar-refractivity contribution in [3.63, 3.8) is 0 Å². The molecule has 0 aliphatic heterocycles. The molecule has 0 saturated heterocycles. The number of anilines is 1. The molecule has 0 aliphatic carbocycles. The lowest BCUT2D eigenvalue weighted by Gasteiger charge is -2.12. The van der Waals surface area contributed by atoms with Gasteiger partial charge in [-0.05, 0) is 41.9 Å². The fraction of sp³-hybridized carbons (Fsp3) is 0. The van der Waals surface area contributed by atoms with Crippen LogP contribution >= 0.6 is 12.2 Å². The van der Waals surface area contributed by atoms with Crippen molar-refractivity contribution in [3.8, 4) is 0 Å². The van der Waals surface area contributed by atoms with Crippen LogP contribution in [0.25, 0.3) is 10.8 Å². The van der Waals surface area contributed by atoms with Crippen LogP contribution < -0.4 is 10.6 Å². The van der Waals surface area contributed by atoms with Crippen molar-refractivity contribution in [3.05, 3.63) is 78.1 Å². The van der Waals surface area contributed by atoms with Gasteiger partial charge in [0.15, 0.2) is 5.11 Å². The second-order valence-electron chi connectivity index (χ2n) is 4.95. The van der Waals surface area contributed by atoms with Crippen molar-refractivity contribution >= 4 is 39.7 Å². The molecule has 5 heteroatoms. The van der Waals surface area contributed by atoms with Gasteiger partial charge in [0, 0.05) is 16.6 Å². The van der Waals surface area contributed by atoms with E-state index < -0.39 is 11.7 Å². The largest absolute Gasteiger partial charge is 0.332 e. The Kier molecular flexibility index (Phi) is 4.30. The SMILES string of the molecule is O=C(NC(=S)Nc1cccc2ccccc12)c1cccc(F)c1. The van der Waals surface area contributed by atoms with Gasteiger partial charge in [0.2, 0.25) is 0 Å². The molecule has 0 unspecified atom stereocenters. The molecule has 3 nitrogen and oxygen atoms in total. The minimum Gasteiger partial charge on any atom is -0.332 e. The zero-order chi connectivity index (χ0) is 16.2. The molecule has 0 heterocycles. The molecule has 0 bridgehead atoms. The van der Waals surface area contributed by atoms with E-state index in [1.54, 1.807) is 0 Å². The zero-order valence-corrected chi connectivity index (χ0v) is 12.9. The molecular formula is C18H13FN2OS. The summed E-state index contributed by atoms with van der Waals surface area (Å²) in [4.78, 5) is 12.1. The Bertz CT molecular complexity index is 890. The van der Waals surface area contributed by atoms with Crippen LogP contribution in [0.4, 0.5) is 10.1 Å². The maximum Gasteiger partial charge on any atom is 0.257 e. The Labute approximate surface area is 138 Å². The molecule has 0 saturated carbocycles. The van der Waals surface area contributed by atoms with Crippen LogP contribution in [0.15, 0.2) is 66.7 Å². The molecule has 0 aliphatic rings. The average Bonchev–Trinajstić information content (AvgIpc) is 2.55. The van der Waals surface area contributed by atoms with Gasteiger partial charge in [-0.2, -0.15) is 0 Å². The van der Waals surface area contributed by atoms with Crippen molar-refractivity contribution in [1.82, 2.24) is 5.32 Å². The third-order valence-electron chi connectivity index (χ3n) is 3.35. The Morgan fingerprint density at radius 3 is 2.52 bits per heavy atom. The summed E-state index contributed by atoms with van der Waals surface area (Å²) < 4.78 is 13.2. The summed E-state index contributed by atoms with van der Waals surface area (Å²) >= 11 is 5.17. The molecule has 3 rings (SSSR count). The summed E-state index contributed by atoms with van der Waals surface area (Å²) in [7, 11) is 0. The van der Waals surface area contributed by atoms with E-state index in [9.17, 15) is 9.18 Å². The van der Waals surface area contributed by atoms with E-state index in [1.807, 2.05) is 42.5 Å². The van der Waals surface area contributed by atoms with Crippen LogP contribution in [0.2, 0.25) is 0 Å². The first-order valence-electron chi connectivity index (χ1n) is 6.99. The van der Waals surface area contributed by atoms with Gasteiger partial charge in [0.05, 0.1) is 0 Å². The van der Waals surface area contributed by atoms with Crippen molar-refractivity contribution < 1.29 is 9.18 Å². The number of thiocarbonyl (C=S) groups is 1. The molecule has 0 atom stereocenters. The molecule has 0 spiro atoms. The minimum absolute atomic E-state index is 0.163. The third-order valence-corrected chi connectivity index (χ3v) is 3.56. The highest BCUT2D eigenvalue weighted by Gasteiger charge is 2.09. The molecule has 23 heavy (non-hydrogen) atoms. The van der Waals surface area contributed by atoms with E-state index >= 15 is 0 Å². The van der Waals surface area contributed by atoms with E-state index in [0.717, 1.165) is 22.5 Å². The van der Waals surface area contributed by atoms with Gasteiger partial charge < -0.3 is 5.32 Å². The van der Waals surface area contributed by atoms with Crippen molar-refractivity contribution in [2.75, 3.05) is 5.32 Å². The van der Waals surface area contributed by atoms with Gasteiger partial charge in [-0.25, -0.2) is 4.39 Å². The maximum absolute atomic E-state index is 13.2. The monoisotopic (exact) mass is 324 g/mol. The van der Waals surface area contributed by atoms with E-state index in [2.05, 4.69) is 10.6 Å². The lowest BCUT2D eigenvalue weighted by molar-refractivity contribution is 0.0977. The first-order valence-corrected chi connectivity index (χ1v) is 7.40. The molecule has 0 fully saturated rings. The van der Waals surface area contributed by atoms with Gasteiger partial charge >= 0.3 is 0 Å². The van der Waals surface area contributed by atoms with Gasteiger partial charge in [0.25, 0.3) is 5.91 Å². The summed E-state index contributed by atoms with van der Waals surface area (Å²) in [5, 5.41) is 7.78. The Morgan fingerprint density at radius 1 is 0.957 bits per heavy atom. The molecule has 3 aromatic carbocycles. The van der Waals surface area contributed by atoms with Crippen molar-refractivity contribution in [2.45, 2.75) is 0 Å². The highest BCUT2D eigenvalue weighted by molar-refractivity contribution is 7.80. The van der Waals surface area contributed by atoms with E-state index in [1.165, 1.54) is 18.2 Å². The first-order chi connectivity index (χ1) is 11.1. The summed E-state index contributed by atoms with van der Waals surface area (Å²) in [6.07, 6.45) is 0. The van der Waals surface area contributed by atoms with Crippen LogP contribution in [-0.4, -0.2) is 11.0 Å². The van der Waals surface area contributed by atoms with Gasteiger partial charge in [-0.15, -0.1) is 0 Å². The fourth-order valence-corrected chi connectivity index (χ4v) is 2.50. The summed E-state index contributed by atoms with van der Waals surface area (Å²) in [5.41, 5.74) is 1.01. The van der Waals surface area contributed by atoms with E-state index in [0.29, 0.717) is 0 Å². The van der Waals surface area contributed by atoms with Crippen LogP contribution in [0.5, 0.6) is 0 Å². The van der Waals surface area contributed by atoms with Crippen LogP contribution in [0, 0.1) is 5.82 Å². The summed E-state index contributed by atoms with van der Waals surface area (Å²) in [6.45, 7) is 0. The number of rotatable bonds is 2. The summed E-state index contributed by atoms with van der Waals surface area (Å²) in [5.74, 6) is -0.923. The molecule has 2 N–H and O–H groups in total. The average molecular weight is 324 g/mol. The molecule has 114 valence electrons. The molecule has 3 aromatic rings. The quantitative estimate of drug-likeness (QED) is 0.697. The lowest BCUT2D eigenvalue weighted by atomic mass is 10.1. The van der Waals surface area contributed by atoms with Crippen LogP contribution in [0.3, 0.4) is 0 Å². The molecule has 0 aromatic heterocycles. The van der Waals surface area contributed by atoms with Crippen LogP contribution in [-0.2, 0) is 0 Å². The second-order valence-corrected chi connectivity index (χ2v) is 5.35. The Morgan fingerprint density at radius 2 is 1.70 bits per heavy atom. The van der Waals surface area contributed by atoms with Gasteiger partial charge in [0.1, 0.15) is 5.82 Å². The number of benzene rings is 3. The van der Waals surface area contributed by atoms with Gasteiger partial charge in [-0.1, -0.05) is 42.5 Å². The number of fused-ring (bicyclic) bond motifs is 1. The number of hydrogen-bond acceptors (Lipinski definition) is 2. The molecule has 1 amide bonds. The highest BCUT2D eigenvalue weighted by Crippen LogP contribution is 2.22. The second kappa shape index (κ2) is 6.54. The predicted molar refractivity (Wildman–Crippen MR) is 94.0 cm³/mol. The maximum atomic E-state index is 13.2. The highest BCUT2D eigenvalue weighted by atomic mass is 32.1. The number of carbonyl (C=O) groups is 1. The molecule has 0 radical (unpaired) electrons. The predicted octanol–water partition coefficient (Wildman–Crippen LogP) is 4.11. The van der Waals surface area contributed by atoms with E-state index in [-0.39, 0.29) is 10.7 Å². The first kappa shape index (κ1) is 15.1. The number of hydrogen-bond donors (Lipinski definition) is 2.